The Hall–Kier alpha value is -1.47. The molecule has 0 radical (unpaired) electrons. The van der Waals surface area contributed by atoms with E-state index in [2.05, 4.69) is 4.72 Å². The molecule has 7 heteroatoms. The smallest absolute Gasteiger partial charge is 0.235 e. The van der Waals surface area contributed by atoms with Crippen LogP contribution in [0.5, 0.6) is 11.5 Å². The van der Waals surface area contributed by atoms with E-state index in [4.69, 9.17) is 14.2 Å². The molecule has 0 fully saturated rings. The number of hydrogen-bond acceptors (Lipinski definition) is 5. The second-order valence-corrected chi connectivity index (χ2v) is 5.33. The maximum atomic E-state index is 11.6. The number of methoxy groups -OCH3 is 3. The highest BCUT2D eigenvalue weighted by Crippen LogP contribution is 2.30. The second-order valence-electron chi connectivity index (χ2n) is 3.48. The van der Waals surface area contributed by atoms with E-state index in [1.165, 1.54) is 21.3 Å². The lowest BCUT2D eigenvalue weighted by Gasteiger charge is -2.11. The van der Waals surface area contributed by atoms with E-state index in [1.54, 1.807) is 18.2 Å². The summed E-state index contributed by atoms with van der Waals surface area (Å²) in [6, 6.07) is 4.79. The Morgan fingerprint density at radius 2 is 1.78 bits per heavy atom. The lowest BCUT2D eigenvalue weighted by molar-refractivity contribution is 0.217. The number of anilines is 1. The van der Waals surface area contributed by atoms with E-state index in [9.17, 15) is 8.42 Å². The topological polar surface area (TPSA) is 73.9 Å². The third-order valence-corrected chi connectivity index (χ3v) is 3.46. The van der Waals surface area contributed by atoms with Crippen molar-refractivity contribution in [3.8, 4) is 11.5 Å². The SMILES string of the molecule is COCCS(=O)(=O)Nc1ccc(OC)c(OC)c1. The van der Waals surface area contributed by atoms with Crippen molar-refractivity contribution in [2.75, 3.05) is 38.4 Å². The summed E-state index contributed by atoms with van der Waals surface area (Å²) in [5.41, 5.74) is 0.420. The first-order valence-electron chi connectivity index (χ1n) is 5.24. The van der Waals surface area contributed by atoms with Crippen LogP contribution in [0.25, 0.3) is 0 Å². The Bertz CT molecular complexity index is 486. The van der Waals surface area contributed by atoms with Crippen LogP contribution in [0.4, 0.5) is 5.69 Å². The van der Waals surface area contributed by atoms with Gasteiger partial charge >= 0.3 is 0 Å². The molecule has 0 saturated carbocycles. The first-order chi connectivity index (χ1) is 8.52. The van der Waals surface area contributed by atoms with Crippen LogP contribution < -0.4 is 14.2 Å². The highest BCUT2D eigenvalue weighted by atomic mass is 32.2. The molecule has 0 spiro atoms. The summed E-state index contributed by atoms with van der Waals surface area (Å²) in [7, 11) is 1.04. The highest BCUT2D eigenvalue weighted by molar-refractivity contribution is 7.92. The first-order valence-corrected chi connectivity index (χ1v) is 6.89. The molecular weight excluding hydrogens is 258 g/mol. The Morgan fingerprint density at radius 3 is 2.33 bits per heavy atom. The second kappa shape index (κ2) is 6.46. The van der Waals surface area contributed by atoms with E-state index < -0.39 is 10.0 Å². The van der Waals surface area contributed by atoms with Crippen molar-refractivity contribution in [3.05, 3.63) is 18.2 Å². The molecule has 1 aromatic rings. The lowest BCUT2D eigenvalue weighted by atomic mass is 10.3. The highest BCUT2D eigenvalue weighted by Gasteiger charge is 2.12. The van der Waals surface area contributed by atoms with Crippen LogP contribution in [-0.4, -0.2) is 42.1 Å². The molecule has 1 rings (SSSR count). The minimum atomic E-state index is -3.41. The van der Waals surface area contributed by atoms with E-state index in [1.807, 2.05) is 0 Å². The quantitative estimate of drug-likeness (QED) is 0.806. The fourth-order valence-electron chi connectivity index (χ4n) is 1.32. The first kappa shape index (κ1) is 14.6. The van der Waals surface area contributed by atoms with Gasteiger partial charge in [-0.3, -0.25) is 4.72 Å². The van der Waals surface area contributed by atoms with Crippen LogP contribution in [0.1, 0.15) is 0 Å². The van der Waals surface area contributed by atoms with Crippen molar-refractivity contribution in [3.63, 3.8) is 0 Å². The summed E-state index contributed by atoms with van der Waals surface area (Å²) in [6.07, 6.45) is 0. The standard InChI is InChI=1S/C11H17NO5S/c1-15-6-7-18(13,14)12-9-4-5-10(16-2)11(8-9)17-3/h4-5,8,12H,6-7H2,1-3H3. The number of sulfonamides is 1. The average molecular weight is 275 g/mol. The van der Waals surface area contributed by atoms with Gasteiger partial charge in [-0.15, -0.1) is 0 Å². The Labute approximate surface area is 107 Å². The zero-order valence-corrected chi connectivity index (χ0v) is 11.4. The van der Waals surface area contributed by atoms with Gasteiger partial charge in [-0.2, -0.15) is 0 Å². The third kappa shape index (κ3) is 4.08. The number of rotatable bonds is 7. The monoisotopic (exact) mass is 275 g/mol. The van der Waals surface area contributed by atoms with Gasteiger partial charge in [-0.1, -0.05) is 0 Å². The summed E-state index contributed by atoms with van der Waals surface area (Å²) in [6.45, 7) is 0.141. The maximum absolute atomic E-state index is 11.6. The molecule has 0 aliphatic carbocycles. The van der Waals surface area contributed by atoms with Gasteiger partial charge in [0.2, 0.25) is 10.0 Å². The molecule has 0 bridgehead atoms. The van der Waals surface area contributed by atoms with Crippen molar-refractivity contribution in [2.24, 2.45) is 0 Å². The van der Waals surface area contributed by atoms with Gasteiger partial charge in [0.15, 0.2) is 11.5 Å². The van der Waals surface area contributed by atoms with Crippen molar-refractivity contribution in [1.29, 1.82) is 0 Å². The van der Waals surface area contributed by atoms with Gasteiger partial charge in [0.1, 0.15) is 0 Å². The molecule has 0 heterocycles. The van der Waals surface area contributed by atoms with Crippen molar-refractivity contribution in [2.45, 2.75) is 0 Å². The fraction of sp³-hybridized carbons (Fsp3) is 0.455. The molecule has 102 valence electrons. The van der Waals surface area contributed by atoms with Crippen LogP contribution in [0, 0.1) is 0 Å². The van der Waals surface area contributed by atoms with Crippen molar-refractivity contribution < 1.29 is 22.6 Å². The minimum absolute atomic E-state index is 0.0994. The largest absolute Gasteiger partial charge is 0.493 e. The molecule has 0 aromatic heterocycles. The summed E-state index contributed by atoms with van der Waals surface area (Å²) < 4.78 is 40.6. The van der Waals surface area contributed by atoms with E-state index in [0.29, 0.717) is 17.2 Å². The van der Waals surface area contributed by atoms with Gasteiger partial charge in [-0.05, 0) is 12.1 Å². The maximum Gasteiger partial charge on any atom is 0.235 e. The van der Waals surface area contributed by atoms with Crippen LogP contribution in [0.2, 0.25) is 0 Å². The molecule has 6 nitrogen and oxygen atoms in total. The van der Waals surface area contributed by atoms with E-state index in [0.717, 1.165) is 0 Å². The third-order valence-electron chi connectivity index (χ3n) is 2.21. The summed E-state index contributed by atoms with van der Waals surface area (Å²) in [5.74, 6) is 0.902. The van der Waals surface area contributed by atoms with Crippen LogP contribution in [0.3, 0.4) is 0 Å². The Kier molecular flexibility index (Phi) is 5.24. The molecule has 0 aliphatic rings. The number of nitrogens with one attached hydrogen (secondary N) is 1. The average Bonchev–Trinajstić information content (AvgIpc) is 2.35. The van der Waals surface area contributed by atoms with E-state index in [-0.39, 0.29) is 12.4 Å². The van der Waals surface area contributed by atoms with Crippen LogP contribution in [-0.2, 0) is 14.8 Å². The molecule has 18 heavy (non-hydrogen) atoms. The van der Waals surface area contributed by atoms with Gasteiger partial charge in [0.25, 0.3) is 0 Å². The molecule has 0 atom stereocenters. The molecular formula is C11H17NO5S. The van der Waals surface area contributed by atoms with Gasteiger partial charge in [-0.25, -0.2) is 8.42 Å². The van der Waals surface area contributed by atoms with Gasteiger partial charge in [0.05, 0.1) is 32.3 Å². The Balaban J connectivity index is 2.85. The summed E-state index contributed by atoms with van der Waals surface area (Å²) >= 11 is 0. The van der Waals surface area contributed by atoms with Crippen molar-refractivity contribution >= 4 is 15.7 Å². The molecule has 0 amide bonds. The molecule has 0 aliphatic heterocycles. The minimum Gasteiger partial charge on any atom is -0.493 e. The van der Waals surface area contributed by atoms with Crippen LogP contribution >= 0.6 is 0 Å². The molecule has 0 unspecified atom stereocenters. The molecule has 0 saturated heterocycles. The van der Waals surface area contributed by atoms with Gasteiger partial charge in [0, 0.05) is 13.2 Å². The summed E-state index contributed by atoms with van der Waals surface area (Å²) in [4.78, 5) is 0. The fourth-order valence-corrected chi connectivity index (χ4v) is 2.30. The van der Waals surface area contributed by atoms with Gasteiger partial charge < -0.3 is 14.2 Å². The normalized spacial score (nSPS) is 11.1. The number of hydrogen-bond donors (Lipinski definition) is 1. The zero-order chi connectivity index (χ0) is 13.6. The predicted octanol–water partition coefficient (Wildman–Crippen LogP) is 1.09. The summed E-state index contributed by atoms with van der Waals surface area (Å²) in [5, 5.41) is 0. The molecule has 1 aromatic carbocycles. The lowest BCUT2D eigenvalue weighted by Crippen LogP contribution is -2.19. The molecule has 1 N–H and O–H groups in total. The number of benzene rings is 1. The number of ether oxygens (including phenoxy) is 3. The predicted molar refractivity (Wildman–Crippen MR) is 68.8 cm³/mol. The van der Waals surface area contributed by atoms with Crippen molar-refractivity contribution in [1.82, 2.24) is 0 Å². The van der Waals surface area contributed by atoms with Crippen LogP contribution in [0.15, 0.2) is 18.2 Å². The Morgan fingerprint density at radius 1 is 1.11 bits per heavy atom. The zero-order valence-electron chi connectivity index (χ0n) is 10.6. The van der Waals surface area contributed by atoms with E-state index >= 15 is 0 Å².